The number of hydrogen-bond acceptors (Lipinski definition) is 5. The number of ether oxygens (including phenoxy) is 1. The summed E-state index contributed by atoms with van der Waals surface area (Å²) in [4.78, 5) is 11.5. The fraction of sp³-hybridized carbons (Fsp3) is 0.167. The Morgan fingerprint density at radius 1 is 1.20 bits per heavy atom. The van der Waals surface area contributed by atoms with Crippen LogP contribution >= 0.6 is 0 Å². The topological polar surface area (TPSA) is 80.7 Å². The van der Waals surface area contributed by atoms with E-state index in [2.05, 4.69) is 0 Å². The first-order valence-electron chi connectivity index (χ1n) is 7.38. The van der Waals surface area contributed by atoms with Gasteiger partial charge in [0.15, 0.2) is 9.84 Å². The van der Waals surface area contributed by atoms with E-state index in [-0.39, 0.29) is 23.1 Å². The van der Waals surface area contributed by atoms with E-state index in [1.54, 1.807) is 12.1 Å². The second kappa shape index (κ2) is 7.94. The normalized spacial score (nSPS) is 11.6. The summed E-state index contributed by atoms with van der Waals surface area (Å²) in [6.45, 7) is 0.146. The highest BCUT2D eigenvalue weighted by Gasteiger charge is 2.12. The molecule has 0 bridgehead atoms. The number of esters is 1. The summed E-state index contributed by atoms with van der Waals surface area (Å²) in [5, 5.41) is 9.72. The van der Waals surface area contributed by atoms with Gasteiger partial charge in [0.1, 0.15) is 16.5 Å². The molecule has 0 aliphatic heterocycles. The van der Waals surface area contributed by atoms with Crippen molar-refractivity contribution in [1.29, 1.82) is 0 Å². The smallest absolute Gasteiger partial charge is 0.330 e. The molecule has 2 aromatic rings. The van der Waals surface area contributed by atoms with Crippen molar-refractivity contribution in [2.45, 2.75) is 11.3 Å². The quantitative estimate of drug-likeness (QED) is 0.630. The van der Waals surface area contributed by atoms with Gasteiger partial charge in [0.25, 0.3) is 0 Å². The highest BCUT2D eigenvalue weighted by Crippen LogP contribution is 2.24. The van der Waals surface area contributed by atoms with Gasteiger partial charge in [0.05, 0.1) is 6.61 Å². The van der Waals surface area contributed by atoms with Crippen LogP contribution in [0.4, 0.5) is 4.39 Å². The van der Waals surface area contributed by atoms with Gasteiger partial charge < -0.3 is 9.84 Å². The van der Waals surface area contributed by atoms with Crippen molar-refractivity contribution >= 4 is 21.9 Å². The molecule has 2 aromatic carbocycles. The molecule has 0 heterocycles. The average molecular weight is 364 g/mol. The van der Waals surface area contributed by atoms with E-state index in [0.717, 1.165) is 11.8 Å². The predicted molar refractivity (Wildman–Crippen MR) is 91.3 cm³/mol. The first-order chi connectivity index (χ1) is 11.8. The summed E-state index contributed by atoms with van der Waals surface area (Å²) in [6.07, 6.45) is 4.05. The number of halogens is 1. The maximum absolute atomic E-state index is 12.8. The monoisotopic (exact) mass is 364 g/mol. The van der Waals surface area contributed by atoms with Crippen LogP contribution in [-0.4, -0.2) is 32.4 Å². The van der Waals surface area contributed by atoms with Gasteiger partial charge in [0, 0.05) is 18.8 Å². The van der Waals surface area contributed by atoms with Crippen LogP contribution in [0.3, 0.4) is 0 Å². The van der Waals surface area contributed by atoms with Crippen LogP contribution in [0.15, 0.2) is 53.4 Å². The van der Waals surface area contributed by atoms with E-state index < -0.39 is 15.8 Å². The van der Waals surface area contributed by atoms with E-state index in [0.29, 0.717) is 12.0 Å². The number of carbonyl (C=O) groups is 1. The molecule has 0 radical (unpaired) electrons. The minimum absolute atomic E-state index is 0.146. The Morgan fingerprint density at radius 3 is 2.48 bits per heavy atom. The van der Waals surface area contributed by atoms with Crippen LogP contribution in [0.5, 0.6) is 5.75 Å². The molecule has 0 spiro atoms. The maximum atomic E-state index is 12.8. The molecule has 132 valence electrons. The van der Waals surface area contributed by atoms with Crippen LogP contribution < -0.4 is 0 Å². The molecule has 25 heavy (non-hydrogen) atoms. The fourth-order valence-electron chi connectivity index (χ4n) is 2.08. The second-order valence-corrected chi connectivity index (χ2v) is 7.36. The lowest BCUT2D eigenvalue weighted by Gasteiger charge is -2.04. The minimum Gasteiger partial charge on any atom is -0.507 e. The Morgan fingerprint density at radius 2 is 1.88 bits per heavy atom. The number of phenols is 1. The Labute approximate surface area is 145 Å². The lowest BCUT2D eigenvalue weighted by Crippen LogP contribution is -2.04. The van der Waals surface area contributed by atoms with Crippen molar-refractivity contribution in [2.24, 2.45) is 0 Å². The van der Waals surface area contributed by atoms with Gasteiger partial charge in [-0.3, -0.25) is 0 Å². The molecule has 0 atom stereocenters. The third kappa shape index (κ3) is 5.72. The van der Waals surface area contributed by atoms with E-state index in [9.17, 15) is 22.7 Å². The van der Waals surface area contributed by atoms with Crippen molar-refractivity contribution in [2.75, 3.05) is 12.9 Å². The molecule has 0 fully saturated rings. The van der Waals surface area contributed by atoms with Crippen LogP contribution in [0.1, 0.15) is 11.1 Å². The van der Waals surface area contributed by atoms with Gasteiger partial charge in [-0.25, -0.2) is 17.6 Å². The highest BCUT2D eigenvalue weighted by molar-refractivity contribution is 7.90. The Kier molecular flexibility index (Phi) is 5.93. The summed E-state index contributed by atoms with van der Waals surface area (Å²) >= 11 is 0. The zero-order valence-corrected chi connectivity index (χ0v) is 14.3. The van der Waals surface area contributed by atoms with Crippen molar-refractivity contribution < 1.29 is 27.4 Å². The van der Waals surface area contributed by atoms with Crippen LogP contribution in [-0.2, 0) is 25.8 Å². The molecule has 2 rings (SSSR count). The van der Waals surface area contributed by atoms with Crippen molar-refractivity contribution in [3.05, 3.63) is 65.5 Å². The number of hydrogen-bond donors (Lipinski definition) is 1. The third-order valence-electron chi connectivity index (χ3n) is 3.34. The molecule has 0 saturated carbocycles. The summed E-state index contributed by atoms with van der Waals surface area (Å²) in [5.74, 6) is -1.28. The van der Waals surface area contributed by atoms with E-state index >= 15 is 0 Å². The van der Waals surface area contributed by atoms with Gasteiger partial charge in [-0.15, -0.1) is 0 Å². The number of benzene rings is 2. The third-order valence-corrected chi connectivity index (χ3v) is 4.49. The zero-order valence-electron chi connectivity index (χ0n) is 13.5. The number of rotatable bonds is 6. The van der Waals surface area contributed by atoms with Crippen LogP contribution in [0.2, 0.25) is 0 Å². The molecular weight excluding hydrogens is 347 g/mol. The Bertz CT molecular complexity index is 886. The van der Waals surface area contributed by atoms with E-state index in [1.165, 1.54) is 42.5 Å². The van der Waals surface area contributed by atoms with E-state index in [4.69, 9.17) is 4.74 Å². The number of aromatic hydroxyl groups is 1. The number of carbonyl (C=O) groups excluding carboxylic acids is 1. The minimum atomic E-state index is -3.51. The summed E-state index contributed by atoms with van der Waals surface area (Å²) in [5.41, 5.74) is 1.31. The molecule has 0 aromatic heterocycles. The van der Waals surface area contributed by atoms with Crippen LogP contribution in [0.25, 0.3) is 6.08 Å². The first-order valence-corrected chi connectivity index (χ1v) is 9.27. The molecule has 0 amide bonds. The van der Waals surface area contributed by atoms with Crippen LogP contribution in [0, 0.1) is 5.82 Å². The standard InChI is InChI=1S/C18H17FO5S/c1-25(22,23)17-8-4-14(12-16(17)20)5-9-18(21)24-11-10-13-2-6-15(19)7-3-13/h2-9,12,20H,10-11H2,1H3/b9-5+. The van der Waals surface area contributed by atoms with E-state index in [1.807, 2.05) is 0 Å². The molecule has 7 heteroatoms. The molecule has 1 N–H and O–H groups in total. The average Bonchev–Trinajstić information content (AvgIpc) is 2.53. The molecule has 0 aliphatic carbocycles. The fourth-order valence-corrected chi connectivity index (χ4v) is 2.84. The molecule has 0 saturated heterocycles. The van der Waals surface area contributed by atoms with Gasteiger partial charge >= 0.3 is 5.97 Å². The lowest BCUT2D eigenvalue weighted by molar-refractivity contribution is -0.137. The predicted octanol–water partition coefficient (Wildman–Crippen LogP) is 2.73. The van der Waals surface area contributed by atoms with Crippen molar-refractivity contribution in [1.82, 2.24) is 0 Å². The van der Waals surface area contributed by atoms with Crippen molar-refractivity contribution in [3.63, 3.8) is 0 Å². The molecule has 5 nitrogen and oxygen atoms in total. The lowest BCUT2D eigenvalue weighted by atomic mass is 10.2. The molecule has 0 unspecified atom stereocenters. The SMILES string of the molecule is CS(=O)(=O)c1ccc(/C=C/C(=O)OCCc2ccc(F)cc2)cc1O. The molecular formula is C18H17FO5S. The Balaban J connectivity index is 1.89. The summed E-state index contributed by atoms with van der Waals surface area (Å²) in [6, 6.07) is 9.89. The van der Waals surface area contributed by atoms with Gasteiger partial charge in [-0.05, 0) is 41.5 Å². The largest absolute Gasteiger partial charge is 0.507 e. The summed E-state index contributed by atoms with van der Waals surface area (Å²) < 4.78 is 40.6. The van der Waals surface area contributed by atoms with Gasteiger partial charge in [0.2, 0.25) is 0 Å². The Hall–Kier alpha value is -2.67. The maximum Gasteiger partial charge on any atom is 0.330 e. The zero-order chi connectivity index (χ0) is 18.4. The highest BCUT2D eigenvalue weighted by atomic mass is 32.2. The number of sulfone groups is 1. The first kappa shape index (κ1) is 18.7. The second-order valence-electron chi connectivity index (χ2n) is 5.38. The molecule has 0 aliphatic rings. The summed E-state index contributed by atoms with van der Waals surface area (Å²) in [7, 11) is -3.51. The van der Waals surface area contributed by atoms with Gasteiger partial charge in [-0.1, -0.05) is 18.2 Å². The van der Waals surface area contributed by atoms with Crippen molar-refractivity contribution in [3.8, 4) is 5.75 Å². The van der Waals surface area contributed by atoms with Gasteiger partial charge in [-0.2, -0.15) is 0 Å². The number of phenolic OH excluding ortho intramolecular Hbond substituents is 1.